The van der Waals surface area contributed by atoms with Gasteiger partial charge < -0.3 is 9.88 Å². The summed E-state index contributed by atoms with van der Waals surface area (Å²) in [7, 11) is 0. The first-order chi connectivity index (χ1) is 12.1. The van der Waals surface area contributed by atoms with Crippen LogP contribution in [0.2, 0.25) is 0 Å². The molecule has 0 bridgehead atoms. The first-order valence-electron chi connectivity index (χ1n) is 8.77. The van der Waals surface area contributed by atoms with Crippen LogP contribution in [0.25, 0.3) is 11.0 Å². The van der Waals surface area contributed by atoms with E-state index in [1.54, 1.807) is 0 Å². The Labute approximate surface area is 151 Å². The zero-order valence-electron chi connectivity index (χ0n) is 14.6. The molecule has 6 heteroatoms. The summed E-state index contributed by atoms with van der Waals surface area (Å²) in [6, 6.07) is 8.11. The lowest BCUT2D eigenvalue weighted by molar-refractivity contribution is 0.0676. The van der Waals surface area contributed by atoms with Crippen molar-refractivity contribution in [3.8, 4) is 0 Å². The Balaban J connectivity index is 1.47. The lowest BCUT2D eigenvalue weighted by Gasteiger charge is -2.32. The molecule has 4 rings (SSSR count). The summed E-state index contributed by atoms with van der Waals surface area (Å²) in [6.07, 6.45) is 3.08. The van der Waals surface area contributed by atoms with Crippen LogP contribution in [-0.2, 0) is 6.42 Å². The molecule has 1 saturated heterocycles. The SMILES string of the molecule is Cc1nc(C)c(C(=O)N2CCCC(Cc3nc4ccccc4[nH]3)C2)s1. The number of para-hydroxylation sites is 2. The van der Waals surface area contributed by atoms with E-state index >= 15 is 0 Å². The lowest BCUT2D eigenvalue weighted by Crippen LogP contribution is -2.40. The van der Waals surface area contributed by atoms with Gasteiger partial charge >= 0.3 is 0 Å². The maximum atomic E-state index is 12.8. The number of carbonyl (C=O) groups excluding carboxylic acids is 1. The van der Waals surface area contributed by atoms with E-state index in [1.165, 1.54) is 11.3 Å². The van der Waals surface area contributed by atoms with E-state index in [9.17, 15) is 4.79 Å². The third-order valence-corrected chi connectivity index (χ3v) is 5.89. The molecule has 0 aliphatic carbocycles. The van der Waals surface area contributed by atoms with E-state index in [-0.39, 0.29) is 5.91 Å². The van der Waals surface area contributed by atoms with Gasteiger partial charge in [0.15, 0.2) is 0 Å². The van der Waals surface area contributed by atoms with Gasteiger partial charge in [-0.15, -0.1) is 11.3 Å². The number of fused-ring (bicyclic) bond motifs is 1. The fourth-order valence-electron chi connectivity index (χ4n) is 3.67. The number of likely N-dealkylation sites (tertiary alicyclic amines) is 1. The minimum Gasteiger partial charge on any atom is -0.342 e. The molecule has 1 unspecified atom stereocenters. The van der Waals surface area contributed by atoms with E-state index in [4.69, 9.17) is 0 Å². The summed E-state index contributed by atoms with van der Waals surface area (Å²) in [5, 5.41) is 0.955. The first kappa shape index (κ1) is 16.3. The third kappa shape index (κ3) is 3.31. The topological polar surface area (TPSA) is 61.9 Å². The molecule has 1 amide bonds. The zero-order valence-corrected chi connectivity index (χ0v) is 15.4. The van der Waals surface area contributed by atoms with Crippen LogP contribution in [0.1, 0.15) is 39.0 Å². The number of piperidine rings is 1. The van der Waals surface area contributed by atoms with Crippen molar-refractivity contribution in [2.24, 2.45) is 5.92 Å². The number of aryl methyl sites for hydroxylation is 2. The van der Waals surface area contributed by atoms with E-state index in [2.05, 4.69) is 21.0 Å². The minimum absolute atomic E-state index is 0.136. The van der Waals surface area contributed by atoms with E-state index < -0.39 is 0 Å². The predicted octanol–water partition coefficient (Wildman–Crippen LogP) is 3.73. The Morgan fingerprint density at radius 2 is 2.16 bits per heavy atom. The van der Waals surface area contributed by atoms with Crippen LogP contribution in [0.5, 0.6) is 0 Å². The first-order valence-corrected chi connectivity index (χ1v) is 9.59. The molecular weight excluding hydrogens is 332 g/mol. The van der Waals surface area contributed by atoms with Crippen LogP contribution >= 0.6 is 11.3 Å². The Bertz CT molecular complexity index is 880. The molecule has 0 saturated carbocycles. The van der Waals surface area contributed by atoms with Gasteiger partial charge in [-0.25, -0.2) is 9.97 Å². The molecule has 0 radical (unpaired) electrons. The molecule has 1 aliphatic heterocycles. The number of carbonyl (C=O) groups is 1. The molecule has 1 aromatic carbocycles. The van der Waals surface area contributed by atoms with Crippen molar-refractivity contribution >= 4 is 28.3 Å². The smallest absolute Gasteiger partial charge is 0.265 e. The number of H-pyrrole nitrogens is 1. The molecule has 0 spiro atoms. The number of aromatic amines is 1. The highest BCUT2D eigenvalue weighted by Gasteiger charge is 2.27. The average molecular weight is 354 g/mol. The maximum absolute atomic E-state index is 12.8. The number of aromatic nitrogens is 3. The second-order valence-corrected chi connectivity index (χ2v) is 8.01. The number of hydrogen-bond acceptors (Lipinski definition) is 4. The van der Waals surface area contributed by atoms with E-state index in [0.717, 1.165) is 64.8 Å². The van der Waals surface area contributed by atoms with Crippen molar-refractivity contribution in [3.05, 3.63) is 45.7 Å². The van der Waals surface area contributed by atoms with Crippen LogP contribution in [0.3, 0.4) is 0 Å². The molecule has 130 valence electrons. The van der Waals surface area contributed by atoms with Crippen LogP contribution < -0.4 is 0 Å². The summed E-state index contributed by atoms with van der Waals surface area (Å²) in [5.74, 6) is 1.61. The summed E-state index contributed by atoms with van der Waals surface area (Å²) >= 11 is 1.50. The van der Waals surface area contributed by atoms with Crippen LogP contribution in [0.4, 0.5) is 0 Å². The van der Waals surface area contributed by atoms with Crippen molar-refractivity contribution in [2.45, 2.75) is 33.1 Å². The standard InChI is InChI=1S/C19H22N4OS/c1-12-18(25-13(2)20-12)19(24)23-9-5-6-14(11-23)10-17-21-15-7-3-4-8-16(15)22-17/h3-4,7-8,14H,5-6,9-11H2,1-2H3,(H,21,22). The Morgan fingerprint density at radius 3 is 2.92 bits per heavy atom. The van der Waals surface area contributed by atoms with Crippen molar-refractivity contribution in [2.75, 3.05) is 13.1 Å². The Kier molecular flexibility index (Phi) is 4.29. The summed E-state index contributed by atoms with van der Waals surface area (Å²) in [5.41, 5.74) is 2.95. The molecule has 1 fully saturated rings. The lowest BCUT2D eigenvalue weighted by atomic mass is 9.94. The normalized spacial score (nSPS) is 18.0. The Hall–Kier alpha value is -2.21. The number of rotatable bonds is 3. The van der Waals surface area contributed by atoms with Crippen LogP contribution in [0, 0.1) is 19.8 Å². The van der Waals surface area contributed by atoms with Crippen molar-refractivity contribution in [3.63, 3.8) is 0 Å². The van der Waals surface area contributed by atoms with E-state index in [1.807, 2.05) is 36.9 Å². The molecule has 3 heterocycles. The molecule has 1 atom stereocenters. The van der Waals surface area contributed by atoms with E-state index in [0.29, 0.717) is 5.92 Å². The zero-order chi connectivity index (χ0) is 17.4. The highest BCUT2D eigenvalue weighted by Crippen LogP contribution is 2.25. The highest BCUT2D eigenvalue weighted by molar-refractivity contribution is 7.13. The van der Waals surface area contributed by atoms with Gasteiger partial charge in [0.2, 0.25) is 0 Å². The van der Waals surface area contributed by atoms with Gasteiger partial charge in [-0.1, -0.05) is 12.1 Å². The second kappa shape index (κ2) is 6.59. The number of imidazole rings is 1. The molecule has 3 aromatic rings. The predicted molar refractivity (Wildman–Crippen MR) is 100 cm³/mol. The monoisotopic (exact) mass is 354 g/mol. The number of nitrogens with one attached hydrogen (secondary N) is 1. The number of nitrogens with zero attached hydrogens (tertiary/aromatic N) is 3. The second-order valence-electron chi connectivity index (χ2n) is 6.81. The van der Waals surface area contributed by atoms with Gasteiger partial charge in [-0.05, 0) is 44.7 Å². The molecular formula is C19H22N4OS. The molecule has 1 N–H and O–H groups in total. The van der Waals surface area contributed by atoms with Crippen LogP contribution in [0.15, 0.2) is 24.3 Å². The third-order valence-electron chi connectivity index (χ3n) is 4.82. The van der Waals surface area contributed by atoms with Crippen LogP contribution in [-0.4, -0.2) is 38.8 Å². The number of thiazole rings is 1. The van der Waals surface area contributed by atoms with Gasteiger partial charge in [0.05, 0.1) is 21.7 Å². The van der Waals surface area contributed by atoms with Gasteiger partial charge in [-0.3, -0.25) is 4.79 Å². The Morgan fingerprint density at radius 1 is 1.32 bits per heavy atom. The molecule has 1 aliphatic rings. The fraction of sp³-hybridized carbons (Fsp3) is 0.421. The number of hydrogen-bond donors (Lipinski definition) is 1. The van der Waals surface area contributed by atoms with Gasteiger partial charge in [0, 0.05) is 19.5 Å². The largest absolute Gasteiger partial charge is 0.342 e. The van der Waals surface area contributed by atoms with Gasteiger partial charge in [-0.2, -0.15) is 0 Å². The minimum atomic E-state index is 0.136. The summed E-state index contributed by atoms with van der Waals surface area (Å²) < 4.78 is 0. The number of amides is 1. The molecule has 2 aromatic heterocycles. The quantitative estimate of drug-likeness (QED) is 0.779. The highest BCUT2D eigenvalue weighted by atomic mass is 32.1. The summed E-state index contributed by atoms with van der Waals surface area (Å²) in [4.78, 5) is 28.1. The average Bonchev–Trinajstić information content (AvgIpc) is 3.16. The van der Waals surface area contributed by atoms with Crippen molar-refractivity contribution < 1.29 is 4.79 Å². The van der Waals surface area contributed by atoms with Crippen molar-refractivity contribution in [1.29, 1.82) is 0 Å². The number of benzene rings is 1. The maximum Gasteiger partial charge on any atom is 0.265 e. The molecule has 25 heavy (non-hydrogen) atoms. The fourth-order valence-corrected chi connectivity index (χ4v) is 4.55. The van der Waals surface area contributed by atoms with Gasteiger partial charge in [0.1, 0.15) is 10.7 Å². The van der Waals surface area contributed by atoms with Crippen molar-refractivity contribution in [1.82, 2.24) is 19.9 Å². The summed E-state index contributed by atoms with van der Waals surface area (Å²) in [6.45, 7) is 5.51. The molecule has 5 nitrogen and oxygen atoms in total. The van der Waals surface area contributed by atoms with Gasteiger partial charge in [0.25, 0.3) is 5.91 Å².